The average molecular weight is 267 g/mol. The normalized spacial score (nSPS) is 9.89. The topological polar surface area (TPSA) is 73.9 Å². The predicted molar refractivity (Wildman–Crippen MR) is 69.1 cm³/mol. The molecule has 104 valence electrons. The van der Waals surface area contributed by atoms with Gasteiger partial charge in [0, 0.05) is 5.69 Å². The van der Waals surface area contributed by atoms with Crippen LogP contribution < -0.4 is 10.1 Å². The van der Waals surface area contributed by atoms with Crippen LogP contribution in [-0.2, 0) is 19.1 Å². The van der Waals surface area contributed by atoms with E-state index in [0.717, 1.165) is 0 Å². The third kappa shape index (κ3) is 4.17. The molecule has 0 fully saturated rings. The van der Waals surface area contributed by atoms with Gasteiger partial charge in [-0.25, -0.2) is 9.59 Å². The van der Waals surface area contributed by atoms with Crippen molar-refractivity contribution in [1.29, 1.82) is 0 Å². The van der Waals surface area contributed by atoms with E-state index in [1.807, 2.05) is 6.92 Å². The fraction of sp³-hybridized carbons (Fsp3) is 0.385. The van der Waals surface area contributed by atoms with E-state index in [0.29, 0.717) is 18.0 Å². The second-order valence-corrected chi connectivity index (χ2v) is 3.58. The summed E-state index contributed by atoms with van der Waals surface area (Å²) in [6.45, 7) is 2.45. The number of carbonyl (C=O) groups is 2. The van der Waals surface area contributed by atoms with Crippen LogP contribution in [-0.4, -0.2) is 38.8 Å². The highest BCUT2D eigenvalue weighted by atomic mass is 16.5. The van der Waals surface area contributed by atoms with Gasteiger partial charge in [-0.15, -0.1) is 0 Å². The molecule has 1 rings (SSSR count). The Morgan fingerprint density at radius 2 is 1.63 bits per heavy atom. The highest BCUT2D eigenvalue weighted by molar-refractivity contribution is 6.01. The number of anilines is 1. The second-order valence-electron chi connectivity index (χ2n) is 3.58. The monoisotopic (exact) mass is 267 g/mol. The third-order valence-corrected chi connectivity index (χ3v) is 2.35. The number of ether oxygens (including phenoxy) is 3. The molecule has 0 aliphatic carbocycles. The van der Waals surface area contributed by atoms with Gasteiger partial charge in [-0.05, 0) is 31.2 Å². The van der Waals surface area contributed by atoms with E-state index in [2.05, 4.69) is 14.8 Å². The Morgan fingerprint density at radius 3 is 2.05 bits per heavy atom. The maximum atomic E-state index is 11.5. The molecule has 6 nitrogen and oxygen atoms in total. The minimum absolute atomic E-state index is 0.569. The maximum Gasteiger partial charge on any atom is 0.340 e. The number of hydrogen-bond donors (Lipinski definition) is 1. The number of benzene rings is 1. The van der Waals surface area contributed by atoms with E-state index >= 15 is 0 Å². The van der Waals surface area contributed by atoms with Crippen molar-refractivity contribution in [3.63, 3.8) is 0 Å². The molecule has 19 heavy (non-hydrogen) atoms. The van der Waals surface area contributed by atoms with Gasteiger partial charge >= 0.3 is 11.9 Å². The lowest BCUT2D eigenvalue weighted by Gasteiger charge is -2.15. The zero-order valence-corrected chi connectivity index (χ0v) is 11.1. The van der Waals surface area contributed by atoms with Crippen molar-refractivity contribution in [2.75, 3.05) is 26.1 Å². The largest absolute Gasteiger partial charge is 0.494 e. The molecule has 6 heteroatoms. The van der Waals surface area contributed by atoms with E-state index < -0.39 is 18.0 Å². The summed E-state index contributed by atoms with van der Waals surface area (Å²) in [5.41, 5.74) is 0.587. The predicted octanol–water partition coefficient (Wildman–Crippen LogP) is 1.21. The molecule has 0 unspecified atom stereocenters. The molecule has 0 bridgehead atoms. The van der Waals surface area contributed by atoms with E-state index in [1.165, 1.54) is 14.2 Å². The summed E-state index contributed by atoms with van der Waals surface area (Å²) in [5, 5.41) is 2.75. The van der Waals surface area contributed by atoms with Gasteiger partial charge in [0.15, 0.2) is 0 Å². The minimum Gasteiger partial charge on any atom is -0.494 e. The van der Waals surface area contributed by atoms with Gasteiger partial charge < -0.3 is 19.5 Å². The van der Waals surface area contributed by atoms with Crippen molar-refractivity contribution in [3.8, 4) is 5.75 Å². The second kappa shape index (κ2) is 7.25. The van der Waals surface area contributed by atoms with Crippen LogP contribution >= 0.6 is 0 Å². The Kier molecular flexibility index (Phi) is 5.66. The molecular weight excluding hydrogens is 250 g/mol. The number of esters is 2. The Balaban J connectivity index is 2.78. The van der Waals surface area contributed by atoms with Gasteiger partial charge in [-0.2, -0.15) is 0 Å². The highest BCUT2D eigenvalue weighted by Gasteiger charge is 2.28. The molecule has 0 spiro atoms. The van der Waals surface area contributed by atoms with E-state index in [-0.39, 0.29) is 0 Å². The number of rotatable bonds is 6. The van der Waals surface area contributed by atoms with Crippen molar-refractivity contribution < 1.29 is 23.8 Å². The summed E-state index contributed by atoms with van der Waals surface area (Å²) < 4.78 is 14.4. The fourth-order valence-electron chi connectivity index (χ4n) is 1.43. The summed E-state index contributed by atoms with van der Waals surface area (Å²) in [4.78, 5) is 23.0. The highest BCUT2D eigenvalue weighted by Crippen LogP contribution is 2.16. The summed E-state index contributed by atoms with van der Waals surface area (Å²) >= 11 is 0. The van der Waals surface area contributed by atoms with Crippen LogP contribution in [0.2, 0.25) is 0 Å². The first-order chi connectivity index (χ1) is 9.12. The van der Waals surface area contributed by atoms with Gasteiger partial charge in [0.1, 0.15) is 5.75 Å². The van der Waals surface area contributed by atoms with Crippen LogP contribution in [0.3, 0.4) is 0 Å². The van der Waals surface area contributed by atoms with Crippen LogP contribution in [0.4, 0.5) is 5.69 Å². The van der Waals surface area contributed by atoms with Crippen molar-refractivity contribution in [2.24, 2.45) is 0 Å². The Morgan fingerprint density at radius 1 is 1.11 bits per heavy atom. The van der Waals surface area contributed by atoms with Crippen LogP contribution in [0.15, 0.2) is 24.3 Å². The average Bonchev–Trinajstić information content (AvgIpc) is 2.45. The lowest BCUT2D eigenvalue weighted by Crippen LogP contribution is -2.39. The molecule has 1 aromatic carbocycles. The van der Waals surface area contributed by atoms with E-state index in [9.17, 15) is 9.59 Å². The Labute approximate surface area is 111 Å². The fourth-order valence-corrected chi connectivity index (χ4v) is 1.43. The molecule has 1 N–H and O–H groups in total. The van der Waals surface area contributed by atoms with Crippen LogP contribution in [0.25, 0.3) is 0 Å². The molecule has 0 aromatic heterocycles. The zero-order valence-electron chi connectivity index (χ0n) is 11.1. The van der Waals surface area contributed by atoms with Gasteiger partial charge in [0.25, 0.3) is 0 Å². The molecule has 0 aliphatic rings. The van der Waals surface area contributed by atoms with Crippen molar-refractivity contribution in [1.82, 2.24) is 0 Å². The molecular formula is C13H17NO5. The van der Waals surface area contributed by atoms with E-state index in [4.69, 9.17) is 4.74 Å². The van der Waals surface area contributed by atoms with Gasteiger partial charge in [-0.3, -0.25) is 0 Å². The zero-order chi connectivity index (χ0) is 14.3. The van der Waals surface area contributed by atoms with Crippen molar-refractivity contribution in [3.05, 3.63) is 24.3 Å². The first-order valence-corrected chi connectivity index (χ1v) is 5.77. The van der Waals surface area contributed by atoms with Crippen molar-refractivity contribution >= 4 is 17.6 Å². The summed E-state index contributed by atoms with van der Waals surface area (Å²) in [5.74, 6) is -0.706. The van der Waals surface area contributed by atoms with Crippen LogP contribution in [0.5, 0.6) is 5.75 Å². The number of nitrogens with one attached hydrogen (secondary N) is 1. The molecule has 0 saturated carbocycles. The number of hydrogen-bond acceptors (Lipinski definition) is 6. The SMILES string of the molecule is CCOc1ccc(NC(C(=O)OC)C(=O)OC)cc1. The standard InChI is InChI=1S/C13H17NO5/c1-4-19-10-7-5-9(6-8-10)14-11(12(15)17-2)13(16)18-3/h5-8,11,14H,4H2,1-3H3. The van der Waals surface area contributed by atoms with Gasteiger partial charge in [0.2, 0.25) is 6.04 Å². The lowest BCUT2D eigenvalue weighted by molar-refractivity contribution is -0.152. The Hall–Kier alpha value is -2.24. The maximum absolute atomic E-state index is 11.5. The summed E-state index contributed by atoms with van der Waals surface area (Å²) in [6.07, 6.45) is 0. The molecule has 0 heterocycles. The first-order valence-electron chi connectivity index (χ1n) is 5.77. The van der Waals surface area contributed by atoms with Crippen molar-refractivity contribution in [2.45, 2.75) is 13.0 Å². The van der Waals surface area contributed by atoms with E-state index in [1.54, 1.807) is 24.3 Å². The minimum atomic E-state index is -1.19. The molecule has 0 aliphatic heterocycles. The molecule has 1 aromatic rings. The van der Waals surface area contributed by atoms with Gasteiger partial charge in [0.05, 0.1) is 20.8 Å². The Bertz CT molecular complexity index is 413. The van der Waals surface area contributed by atoms with Crippen LogP contribution in [0.1, 0.15) is 6.92 Å². The van der Waals surface area contributed by atoms with Gasteiger partial charge in [-0.1, -0.05) is 0 Å². The third-order valence-electron chi connectivity index (χ3n) is 2.35. The number of methoxy groups -OCH3 is 2. The summed E-state index contributed by atoms with van der Waals surface area (Å²) in [7, 11) is 2.41. The van der Waals surface area contributed by atoms with Crippen LogP contribution in [0, 0.1) is 0 Å². The lowest BCUT2D eigenvalue weighted by atomic mass is 10.2. The molecule has 0 amide bonds. The first kappa shape index (κ1) is 14.8. The summed E-state index contributed by atoms with van der Waals surface area (Å²) in [6, 6.07) is 5.68. The smallest absolute Gasteiger partial charge is 0.340 e. The number of carbonyl (C=O) groups excluding carboxylic acids is 2. The molecule has 0 radical (unpaired) electrons. The molecule has 0 atom stereocenters. The quantitative estimate of drug-likeness (QED) is 0.617. The molecule has 0 saturated heterocycles.